The molecule has 4 N–H and O–H groups in total. The number of rotatable bonds is 4. The molecule has 1 rings (SSSR count). The Morgan fingerprint density at radius 3 is 2.20 bits per heavy atom. The summed E-state index contributed by atoms with van der Waals surface area (Å²) in [6.07, 6.45) is 0. The Kier molecular flexibility index (Phi) is 3.47. The molecule has 1 atom stereocenters. The van der Waals surface area contributed by atoms with Crippen molar-refractivity contribution in [3.8, 4) is 0 Å². The van der Waals surface area contributed by atoms with Crippen LogP contribution in [0.25, 0.3) is 0 Å². The van der Waals surface area contributed by atoms with E-state index in [9.17, 15) is 9.36 Å². The number of aliphatic carboxylic acids is 1. The van der Waals surface area contributed by atoms with Crippen molar-refractivity contribution >= 4 is 19.3 Å². The summed E-state index contributed by atoms with van der Waals surface area (Å²) in [5.41, 5.74) is 0.341. The maximum Gasteiger partial charge on any atom is 0.359 e. The van der Waals surface area contributed by atoms with Gasteiger partial charge < -0.3 is 20.2 Å². The molecule has 0 saturated heterocycles. The van der Waals surface area contributed by atoms with Gasteiger partial charge in [-0.1, -0.05) is 18.2 Å². The Hall–Kier alpha value is -1.36. The number of hydrogen-bond donors (Lipinski definition) is 4. The zero-order valence-electron chi connectivity index (χ0n) is 7.57. The van der Waals surface area contributed by atoms with Gasteiger partial charge in [-0.3, -0.25) is 4.57 Å². The molecule has 15 heavy (non-hydrogen) atoms. The van der Waals surface area contributed by atoms with Gasteiger partial charge in [0.25, 0.3) is 0 Å². The van der Waals surface area contributed by atoms with E-state index in [-0.39, 0.29) is 0 Å². The highest BCUT2D eigenvalue weighted by atomic mass is 31.2. The first-order chi connectivity index (χ1) is 6.91. The van der Waals surface area contributed by atoms with Gasteiger partial charge in [0, 0.05) is 5.69 Å². The molecule has 7 heteroatoms. The predicted molar refractivity (Wildman–Crippen MR) is 53.5 cm³/mol. The minimum atomic E-state index is -4.71. The number of anilines is 1. The van der Waals surface area contributed by atoms with E-state index in [0.717, 1.165) is 0 Å². The second-order valence-electron chi connectivity index (χ2n) is 2.84. The number of hydrogen-bond acceptors (Lipinski definition) is 3. The standard InChI is InChI=1S/C8H10NO5P/c10-8(11)7(15(12,13)14)9-6-4-2-1-3-5-6/h1-5,7,9H,(H,10,11)(H2,12,13,14)/t7-/m0/s1. The van der Waals surface area contributed by atoms with Crippen LogP contribution in [-0.2, 0) is 9.36 Å². The zero-order chi connectivity index (χ0) is 11.5. The van der Waals surface area contributed by atoms with Crippen LogP contribution in [0.15, 0.2) is 30.3 Å². The number of nitrogens with one attached hydrogen (secondary N) is 1. The molecule has 0 aromatic heterocycles. The molecule has 0 heterocycles. The molecular weight excluding hydrogens is 221 g/mol. The highest BCUT2D eigenvalue weighted by Crippen LogP contribution is 2.41. The molecule has 6 nitrogen and oxygen atoms in total. The van der Waals surface area contributed by atoms with E-state index in [4.69, 9.17) is 14.9 Å². The van der Waals surface area contributed by atoms with E-state index < -0.39 is 19.3 Å². The van der Waals surface area contributed by atoms with Crippen molar-refractivity contribution in [2.45, 2.75) is 5.78 Å². The first-order valence-corrected chi connectivity index (χ1v) is 5.69. The molecular formula is C8H10NO5P. The van der Waals surface area contributed by atoms with Crippen LogP contribution in [0, 0.1) is 0 Å². The van der Waals surface area contributed by atoms with Crippen LogP contribution >= 0.6 is 7.60 Å². The molecule has 0 bridgehead atoms. The molecule has 1 aromatic rings. The largest absolute Gasteiger partial charge is 0.479 e. The summed E-state index contributed by atoms with van der Waals surface area (Å²) in [5.74, 6) is -3.51. The van der Waals surface area contributed by atoms with Gasteiger partial charge >= 0.3 is 13.6 Å². The van der Waals surface area contributed by atoms with Crippen LogP contribution < -0.4 is 5.32 Å². The summed E-state index contributed by atoms with van der Waals surface area (Å²) >= 11 is 0. The Labute approximate surface area is 85.7 Å². The number of para-hydroxylation sites is 1. The second-order valence-corrected chi connectivity index (χ2v) is 4.53. The molecule has 0 aliphatic rings. The molecule has 0 fully saturated rings. The van der Waals surface area contributed by atoms with Gasteiger partial charge in [0.1, 0.15) is 0 Å². The van der Waals surface area contributed by atoms with E-state index in [0.29, 0.717) is 5.69 Å². The summed E-state index contributed by atoms with van der Waals surface area (Å²) in [7, 11) is -4.71. The van der Waals surface area contributed by atoms with Crippen LogP contribution in [0.3, 0.4) is 0 Å². The molecule has 0 radical (unpaired) electrons. The monoisotopic (exact) mass is 231 g/mol. The van der Waals surface area contributed by atoms with Crippen molar-refractivity contribution in [1.82, 2.24) is 0 Å². The van der Waals surface area contributed by atoms with Crippen molar-refractivity contribution < 1.29 is 24.3 Å². The van der Waals surface area contributed by atoms with Crippen molar-refractivity contribution in [2.75, 3.05) is 5.32 Å². The van der Waals surface area contributed by atoms with Crippen LogP contribution in [0.1, 0.15) is 0 Å². The summed E-state index contributed by atoms with van der Waals surface area (Å²) in [6, 6.07) is 8.00. The van der Waals surface area contributed by atoms with Gasteiger partial charge in [-0.05, 0) is 12.1 Å². The summed E-state index contributed by atoms with van der Waals surface area (Å²) in [5, 5.41) is 10.9. The van der Waals surface area contributed by atoms with E-state index >= 15 is 0 Å². The fourth-order valence-corrected chi connectivity index (χ4v) is 1.59. The third-order valence-electron chi connectivity index (χ3n) is 1.65. The molecule has 0 saturated carbocycles. The molecule has 1 aromatic carbocycles. The number of benzene rings is 1. The molecule has 0 spiro atoms. The van der Waals surface area contributed by atoms with Crippen molar-refractivity contribution in [3.63, 3.8) is 0 Å². The summed E-state index contributed by atoms with van der Waals surface area (Å²) in [4.78, 5) is 28.1. The van der Waals surface area contributed by atoms with Crippen LogP contribution in [0.4, 0.5) is 5.69 Å². The molecule has 0 unspecified atom stereocenters. The first kappa shape index (κ1) is 11.7. The zero-order valence-corrected chi connectivity index (χ0v) is 8.46. The lowest BCUT2D eigenvalue weighted by Crippen LogP contribution is -2.28. The number of carboxylic acid groups (broad SMARTS) is 1. The predicted octanol–water partition coefficient (Wildman–Crippen LogP) is 0.687. The van der Waals surface area contributed by atoms with Crippen molar-refractivity contribution in [3.05, 3.63) is 30.3 Å². The van der Waals surface area contributed by atoms with Crippen molar-refractivity contribution in [1.29, 1.82) is 0 Å². The summed E-state index contributed by atoms with van der Waals surface area (Å²) in [6.45, 7) is 0. The fraction of sp³-hybridized carbons (Fsp3) is 0.125. The van der Waals surface area contributed by atoms with E-state index in [1.807, 2.05) is 0 Å². The number of carboxylic acids is 1. The van der Waals surface area contributed by atoms with Gasteiger partial charge in [0.15, 0.2) is 0 Å². The fourth-order valence-electron chi connectivity index (χ4n) is 0.982. The Bertz CT molecular complexity index is 387. The maximum atomic E-state index is 10.8. The van der Waals surface area contributed by atoms with E-state index in [2.05, 4.69) is 5.32 Å². The summed E-state index contributed by atoms with van der Waals surface area (Å²) < 4.78 is 10.8. The highest BCUT2D eigenvalue weighted by molar-refractivity contribution is 7.53. The lowest BCUT2D eigenvalue weighted by Gasteiger charge is -2.16. The quantitative estimate of drug-likeness (QED) is 0.568. The average molecular weight is 231 g/mol. The topological polar surface area (TPSA) is 107 Å². The van der Waals surface area contributed by atoms with Gasteiger partial charge in [0.2, 0.25) is 5.78 Å². The highest BCUT2D eigenvalue weighted by Gasteiger charge is 2.35. The lowest BCUT2D eigenvalue weighted by atomic mass is 10.3. The third-order valence-corrected chi connectivity index (χ3v) is 2.67. The first-order valence-electron chi connectivity index (χ1n) is 4.01. The van der Waals surface area contributed by atoms with E-state index in [1.54, 1.807) is 18.2 Å². The van der Waals surface area contributed by atoms with Crippen molar-refractivity contribution in [2.24, 2.45) is 0 Å². The smallest absolute Gasteiger partial charge is 0.359 e. The lowest BCUT2D eigenvalue weighted by molar-refractivity contribution is -0.136. The SMILES string of the molecule is O=C(O)[C@@H](Nc1ccccc1)P(=O)(O)O. The normalized spacial score (nSPS) is 13.2. The molecule has 0 amide bonds. The van der Waals surface area contributed by atoms with Crippen LogP contribution in [0.5, 0.6) is 0 Å². The minimum Gasteiger partial charge on any atom is -0.479 e. The van der Waals surface area contributed by atoms with Gasteiger partial charge in [-0.2, -0.15) is 0 Å². The second kappa shape index (κ2) is 4.44. The average Bonchev–Trinajstić information content (AvgIpc) is 2.13. The Balaban J connectivity index is 2.86. The van der Waals surface area contributed by atoms with Gasteiger partial charge in [-0.15, -0.1) is 0 Å². The van der Waals surface area contributed by atoms with E-state index in [1.165, 1.54) is 12.1 Å². The number of carbonyl (C=O) groups is 1. The Morgan fingerprint density at radius 2 is 1.80 bits per heavy atom. The van der Waals surface area contributed by atoms with Gasteiger partial charge in [-0.25, -0.2) is 4.79 Å². The minimum absolute atomic E-state index is 0.341. The maximum absolute atomic E-state index is 10.8. The third kappa shape index (κ3) is 3.36. The molecule has 0 aliphatic carbocycles. The molecule has 82 valence electrons. The van der Waals surface area contributed by atoms with Crippen LogP contribution in [0.2, 0.25) is 0 Å². The van der Waals surface area contributed by atoms with Gasteiger partial charge in [0.05, 0.1) is 0 Å². The molecule has 0 aliphatic heterocycles. The Morgan fingerprint density at radius 1 is 1.27 bits per heavy atom. The van der Waals surface area contributed by atoms with Crippen LogP contribution in [-0.4, -0.2) is 26.6 Å².